The van der Waals surface area contributed by atoms with Gasteiger partial charge in [-0.05, 0) is 53.6 Å². The van der Waals surface area contributed by atoms with Crippen molar-refractivity contribution >= 4 is 55.7 Å². The minimum Gasteiger partial charge on any atom is -0.236 e. The molecule has 2 aromatic heterocycles. The van der Waals surface area contributed by atoms with E-state index in [4.69, 9.17) is 11.6 Å². The molecule has 0 saturated carbocycles. The standard InChI is InChI=1S/C25H16ClFN2O2S/c26-19-15-23-22-14-18(10-9-17-5-4-6-20(27)13-17)11-12-24(22)29(25(23)28-16-19)32(30,31)21-7-2-1-3-8-21/h1-16H. The van der Waals surface area contributed by atoms with Crippen LogP contribution in [0.3, 0.4) is 0 Å². The average molecular weight is 463 g/mol. The molecule has 0 atom stereocenters. The Kier molecular flexibility index (Phi) is 5.04. The van der Waals surface area contributed by atoms with E-state index in [-0.39, 0.29) is 10.7 Å². The molecular formula is C25H16ClFN2O2S. The Morgan fingerprint density at radius 3 is 2.34 bits per heavy atom. The fourth-order valence-electron chi connectivity index (χ4n) is 3.70. The van der Waals surface area contributed by atoms with Gasteiger partial charge in [-0.2, -0.15) is 0 Å². The van der Waals surface area contributed by atoms with Crippen LogP contribution >= 0.6 is 11.6 Å². The van der Waals surface area contributed by atoms with Crippen LogP contribution < -0.4 is 0 Å². The number of fused-ring (bicyclic) bond motifs is 3. The molecule has 0 unspecified atom stereocenters. The molecule has 32 heavy (non-hydrogen) atoms. The summed E-state index contributed by atoms with van der Waals surface area (Å²) in [7, 11) is -3.88. The van der Waals surface area contributed by atoms with E-state index in [1.165, 1.54) is 22.3 Å². The highest BCUT2D eigenvalue weighted by molar-refractivity contribution is 7.90. The number of hydrogen-bond acceptors (Lipinski definition) is 3. The van der Waals surface area contributed by atoms with Crippen LogP contribution in [0.5, 0.6) is 0 Å². The fraction of sp³-hybridized carbons (Fsp3) is 0. The van der Waals surface area contributed by atoms with E-state index in [0.29, 0.717) is 27.0 Å². The molecule has 3 aromatic carbocycles. The Balaban J connectivity index is 1.72. The van der Waals surface area contributed by atoms with Crippen molar-refractivity contribution in [2.75, 3.05) is 0 Å². The lowest BCUT2D eigenvalue weighted by Crippen LogP contribution is -2.13. The van der Waals surface area contributed by atoms with Gasteiger partial charge >= 0.3 is 0 Å². The molecule has 158 valence electrons. The molecule has 5 aromatic rings. The van der Waals surface area contributed by atoms with Crippen LogP contribution in [0.4, 0.5) is 4.39 Å². The van der Waals surface area contributed by atoms with Crippen molar-refractivity contribution in [2.24, 2.45) is 0 Å². The molecule has 2 heterocycles. The summed E-state index contributed by atoms with van der Waals surface area (Å²) in [6.07, 6.45) is 5.08. The van der Waals surface area contributed by atoms with Crippen LogP contribution in [0.15, 0.2) is 90.0 Å². The highest BCUT2D eigenvalue weighted by Gasteiger charge is 2.24. The van der Waals surface area contributed by atoms with Crippen LogP contribution in [-0.4, -0.2) is 17.4 Å². The highest BCUT2D eigenvalue weighted by atomic mass is 35.5. The summed E-state index contributed by atoms with van der Waals surface area (Å²) in [5.41, 5.74) is 2.36. The maximum absolute atomic E-state index is 13.5. The first kappa shape index (κ1) is 20.4. The highest BCUT2D eigenvalue weighted by Crippen LogP contribution is 2.33. The van der Waals surface area contributed by atoms with Gasteiger partial charge in [0, 0.05) is 17.0 Å². The maximum Gasteiger partial charge on any atom is 0.269 e. The molecule has 0 amide bonds. The Labute approximate surface area is 189 Å². The van der Waals surface area contributed by atoms with Crippen molar-refractivity contribution in [1.29, 1.82) is 0 Å². The van der Waals surface area contributed by atoms with Gasteiger partial charge < -0.3 is 0 Å². The number of nitrogens with zero attached hydrogens (tertiary/aromatic N) is 2. The van der Waals surface area contributed by atoms with Gasteiger partial charge in [-0.25, -0.2) is 21.8 Å². The number of halogens is 2. The quantitative estimate of drug-likeness (QED) is 0.291. The van der Waals surface area contributed by atoms with Gasteiger partial charge in [0.1, 0.15) is 5.82 Å². The maximum atomic E-state index is 13.5. The summed E-state index contributed by atoms with van der Waals surface area (Å²) in [5.74, 6) is -0.308. The number of aromatic nitrogens is 2. The SMILES string of the molecule is O=S(=O)(c1ccccc1)n1c2ccc(C=Cc3cccc(F)c3)cc2c2cc(Cl)cnc21. The van der Waals surface area contributed by atoms with E-state index in [0.717, 1.165) is 11.1 Å². The van der Waals surface area contributed by atoms with Crippen LogP contribution in [0.1, 0.15) is 11.1 Å². The Morgan fingerprint density at radius 2 is 1.59 bits per heavy atom. The van der Waals surface area contributed by atoms with E-state index in [2.05, 4.69) is 4.98 Å². The predicted molar refractivity (Wildman–Crippen MR) is 127 cm³/mol. The molecule has 0 bridgehead atoms. The molecule has 0 aliphatic rings. The summed E-state index contributed by atoms with van der Waals surface area (Å²) in [4.78, 5) is 4.51. The smallest absolute Gasteiger partial charge is 0.236 e. The average Bonchev–Trinajstić information content (AvgIpc) is 3.12. The third-order valence-electron chi connectivity index (χ3n) is 5.15. The summed E-state index contributed by atoms with van der Waals surface area (Å²) in [6.45, 7) is 0. The summed E-state index contributed by atoms with van der Waals surface area (Å²) in [6, 6.07) is 21.7. The summed E-state index contributed by atoms with van der Waals surface area (Å²) >= 11 is 6.18. The lowest BCUT2D eigenvalue weighted by atomic mass is 10.1. The van der Waals surface area contributed by atoms with E-state index in [1.807, 2.05) is 18.2 Å². The first-order valence-corrected chi connectivity index (χ1v) is 11.6. The van der Waals surface area contributed by atoms with Crippen molar-refractivity contribution < 1.29 is 12.8 Å². The molecule has 0 radical (unpaired) electrons. The molecule has 0 fully saturated rings. The third kappa shape index (κ3) is 3.57. The van der Waals surface area contributed by atoms with Gasteiger partial charge in [0.15, 0.2) is 5.65 Å². The minimum atomic E-state index is -3.88. The lowest BCUT2D eigenvalue weighted by molar-refractivity contribution is 0.590. The molecule has 5 rings (SSSR count). The second-order valence-corrected chi connectivity index (χ2v) is 9.50. The number of benzene rings is 3. The Hall–Kier alpha value is -3.48. The number of pyridine rings is 1. The molecule has 0 N–H and O–H groups in total. The van der Waals surface area contributed by atoms with E-state index in [1.54, 1.807) is 60.7 Å². The molecular weight excluding hydrogens is 447 g/mol. The van der Waals surface area contributed by atoms with Crippen molar-refractivity contribution in [3.63, 3.8) is 0 Å². The summed E-state index contributed by atoms with van der Waals surface area (Å²) in [5, 5.41) is 1.75. The number of rotatable bonds is 4. The largest absolute Gasteiger partial charge is 0.269 e. The van der Waals surface area contributed by atoms with Crippen LogP contribution in [0.25, 0.3) is 34.1 Å². The van der Waals surface area contributed by atoms with Gasteiger partial charge in [-0.1, -0.05) is 60.2 Å². The monoisotopic (exact) mass is 462 g/mol. The van der Waals surface area contributed by atoms with Crippen LogP contribution in [0.2, 0.25) is 5.02 Å². The zero-order valence-electron chi connectivity index (χ0n) is 16.6. The predicted octanol–water partition coefficient (Wildman–Crippen LogP) is 6.39. The zero-order chi connectivity index (χ0) is 22.3. The summed E-state index contributed by atoms with van der Waals surface area (Å²) < 4.78 is 41.7. The van der Waals surface area contributed by atoms with E-state index < -0.39 is 10.0 Å². The minimum absolute atomic E-state index is 0.172. The Bertz CT molecular complexity index is 1610. The van der Waals surface area contributed by atoms with Gasteiger partial charge in [-0.15, -0.1) is 0 Å². The second kappa shape index (κ2) is 7.89. The number of hydrogen-bond donors (Lipinski definition) is 0. The second-order valence-electron chi connectivity index (χ2n) is 7.27. The molecule has 4 nitrogen and oxygen atoms in total. The van der Waals surface area contributed by atoms with Gasteiger partial charge in [0.25, 0.3) is 10.0 Å². The fourth-order valence-corrected chi connectivity index (χ4v) is 5.36. The molecule has 0 spiro atoms. The van der Waals surface area contributed by atoms with Crippen molar-refractivity contribution in [2.45, 2.75) is 4.90 Å². The van der Waals surface area contributed by atoms with Gasteiger partial charge in [0.2, 0.25) is 0 Å². The van der Waals surface area contributed by atoms with Crippen molar-refractivity contribution in [3.05, 3.63) is 107 Å². The molecule has 7 heteroatoms. The lowest BCUT2D eigenvalue weighted by Gasteiger charge is -2.08. The van der Waals surface area contributed by atoms with Crippen molar-refractivity contribution in [3.8, 4) is 0 Å². The molecule has 0 aliphatic heterocycles. The topological polar surface area (TPSA) is 52.0 Å². The zero-order valence-corrected chi connectivity index (χ0v) is 18.2. The first-order valence-electron chi connectivity index (χ1n) is 9.77. The van der Waals surface area contributed by atoms with E-state index in [9.17, 15) is 12.8 Å². The Morgan fingerprint density at radius 1 is 0.844 bits per heavy atom. The van der Waals surface area contributed by atoms with E-state index >= 15 is 0 Å². The third-order valence-corrected chi connectivity index (χ3v) is 7.08. The van der Waals surface area contributed by atoms with Gasteiger partial charge in [0.05, 0.1) is 15.4 Å². The van der Waals surface area contributed by atoms with Crippen molar-refractivity contribution in [1.82, 2.24) is 8.96 Å². The molecule has 0 saturated heterocycles. The molecule has 0 aliphatic carbocycles. The first-order chi connectivity index (χ1) is 15.4. The van der Waals surface area contributed by atoms with Gasteiger partial charge in [-0.3, -0.25) is 0 Å². The normalized spacial score (nSPS) is 12.2. The van der Waals surface area contributed by atoms with Crippen LogP contribution in [0, 0.1) is 5.82 Å². The van der Waals surface area contributed by atoms with Crippen LogP contribution in [-0.2, 0) is 10.0 Å².